The molecule has 1 atom stereocenters. The lowest BCUT2D eigenvalue weighted by Gasteiger charge is -2.31. The fraction of sp³-hybridized carbons (Fsp3) is 0.462. The molecule has 0 spiro atoms. The van der Waals surface area contributed by atoms with Crippen LogP contribution in [-0.2, 0) is 10.3 Å². The number of nitrogens with zero attached hydrogens (tertiary/aromatic N) is 3. The minimum Gasteiger partial charge on any atom is -0.497 e. The van der Waals surface area contributed by atoms with Crippen LogP contribution < -0.4 is 4.74 Å². The molecular formula is C13H15N3O2. The fourth-order valence-electron chi connectivity index (χ4n) is 2.44. The summed E-state index contributed by atoms with van der Waals surface area (Å²) in [5, 5.41) is 3.82. The van der Waals surface area contributed by atoms with E-state index in [0.29, 0.717) is 18.6 Å². The van der Waals surface area contributed by atoms with Crippen molar-refractivity contribution >= 4 is 5.78 Å². The third kappa shape index (κ3) is 2.05. The van der Waals surface area contributed by atoms with E-state index in [1.807, 2.05) is 12.1 Å². The zero-order valence-corrected chi connectivity index (χ0v) is 10.3. The monoisotopic (exact) mass is 245 g/mol. The second-order valence-electron chi connectivity index (χ2n) is 4.41. The first-order chi connectivity index (χ1) is 8.73. The van der Waals surface area contributed by atoms with E-state index in [9.17, 15) is 4.79 Å². The van der Waals surface area contributed by atoms with E-state index >= 15 is 0 Å². The molecule has 0 heterocycles. The third-order valence-electron chi connectivity index (χ3n) is 3.42. The molecule has 1 aromatic carbocycles. The van der Waals surface area contributed by atoms with Gasteiger partial charge in [-0.2, -0.15) is 0 Å². The molecule has 0 aromatic heterocycles. The predicted molar refractivity (Wildman–Crippen MR) is 67.3 cm³/mol. The maximum absolute atomic E-state index is 12.2. The van der Waals surface area contributed by atoms with Crippen molar-refractivity contribution in [3.05, 3.63) is 40.3 Å². The highest BCUT2D eigenvalue weighted by Crippen LogP contribution is 2.39. The van der Waals surface area contributed by atoms with Gasteiger partial charge in [-0.1, -0.05) is 23.7 Å². The van der Waals surface area contributed by atoms with Gasteiger partial charge in [0, 0.05) is 11.3 Å². The first-order valence-electron chi connectivity index (χ1n) is 5.97. The Kier molecular flexibility index (Phi) is 3.53. The molecule has 0 N–H and O–H groups in total. The predicted octanol–water partition coefficient (Wildman–Crippen LogP) is 3.34. The molecule has 0 bridgehead atoms. The summed E-state index contributed by atoms with van der Waals surface area (Å²) in [5.41, 5.74) is 8.45. The molecule has 1 unspecified atom stereocenters. The maximum atomic E-state index is 12.2. The zero-order chi connectivity index (χ0) is 13.0. The lowest BCUT2D eigenvalue weighted by molar-refractivity contribution is -0.126. The van der Waals surface area contributed by atoms with Crippen LogP contribution in [0, 0.1) is 0 Å². The molecule has 5 nitrogen and oxygen atoms in total. The van der Waals surface area contributed by atoms with Crippen LogP contribution in [-0.4, -0.2) is 12.9 Å². The number of carbonyl (C=O) groups is 1. The summed E-state index contributed by atoms with van der Waals surface area (Å²) in [4.78, 5) is 15.1. The zero-order valence-electron chi connectivity index (χ0n) is 10.3. The smallest absolute Gasteiger partial charge is 0.149 e. The molecule has 1 aliphatic rings. The van der Waals surface area contributed by atoms with Crippen LogP contribution in [0.15, 0.2) is 29.4 Å². The Morgan fingerprint density at radius 3 is 2.94 bits per heavy atom. The summed E-state index contributed by atoms with van der Waals surface area (Å²) in [6.45, 7) is 0. The largest absolute Gasteiger partial charge is 0.497 e. The van der Waals surface area contributed by atoms with Crippen molar-refractivity contribution in [3.8, 4) is 5.75 Å². The lowest BCUT2D eigenvalue weighted by Crippen LogP contribution is -2.36. The normalized spacial score (nSPS) is 23.3. The van der Waals surface area contributed by atoms with Gasteiger partial charge in [0.2, 0.25) is 0 Å². The van der Waals surface area contributed by atoms with Gasteiger partial charge >= 0.3 is 0 Å². The van der Waals surface area contributed by atoms with Gasteiger partial charge in [0.1, 0.15) is 17.1 Å². The Labute approximate surface area is 105 Å². The van der Waals surface area contributed by atoms with E-state index in [-0.39, 0.29) is 5.78 Å². The lowest BCUT2D eigenvalue weighted by atomic mass is 9.76. The second-order valence-corrected chi connectivity index (χ2v) is 4.41. The van der Waals surface area contributed by atoms with Gasteiger partial charge in [0.15, 0.2) is 0 Å². The average molecular weight is 245 g/mol. The van der Waals surface area contributed by atoms with E-state index in [0.717, 1.165) is 18.4 Å². The topological polar surface area (TPSA) is 75.1 Å². The molecule has 0 saturated heterocycles. The first kappa shape index (κ1) is 12.5. The molecule has 1 fully saturated rings. The number of methoxy groups -OCH3 is 1. The van der Waals surface area contributed by atoms with Gasteiger partial charge in [-0.3, -0.25) is 4.79 Å². The Morgan fingerprint density at radius 1 is 1.44 bits per heavy atom. The van der Waals surface area contributed by atoms with Crippen molar-refractivity contribution in [2.24, 2.45) is 5.11 Å². The van der Waals surface area contributed by atoms with Crippen LogP contribution >= 0.6 is 0 Å². The van der Waals surface area contributed by atoms with Gasteiger partial charge in [-0.15, -0.1) is 0 Å². The molecule has 1 aromatic rings. The van der Waals surface area contributed by atoms with Crippen LogP contribution in [0.25, 0.3) is 10.4 Å². The number of rotatable bonds is 3. The van der Waals surface area contributed by atoms with Gasteiger partial charge in [-0.25, -0.2) is 0 Å². The van der Waals surface area contributed by atoms with Crippen molar-refractivity contribution in [1.82, 2.24) is 0 Å². The highest BCUT2D eigenvalue weighted by atomic mass is 16.5. The molecule has 1 aliphatic carbocycles. The SMILES string of the molecule is COc1cccc(C2(N=[N+]=[N-])CCCCC2=O)c1. The fourth-order valence-corrected chi connectivity index (χ4v) is 2.44. The highest BCUT2D eigenvalue weighted by Gasteiger charge is 2.40. The Bertz CT molecular complexity index is 509. The summed E-state index contributed by atoms with van der Waals surface area (Å²) in [5.74, 6) is 0.665. The van der Waals surface area contributed by atoms with Gasteiger partial charge in [-0.05, 0) is 36.1 Å². The summed E-state index contributed by atoms with van der Waals surface area (Å²) >= 11 is 0. The standard InChI is InChI=1S/C13H15N3O2/c1-18-11-6-4-5-10(9-11)13(15-16-14)8-3-2-7-12(13)17/h4-6,9H,2-3,7-8H2,1H3. The maximum Gasteiger partial charge on any atom is 0.149 e. The molecular weight excluding hydrogens is 230 g/mol. The number of hydrogen-bond donors (Lipinski definition) is 0. The average Bonchev–Trinajstić information content (AvgIpc) is 2.42. The number of ketones is 1. The Morgan fingerprint density at radius 2 is 2.28 bits per heavy atom. The van der Waals surface area contributed by atoms with Gasteiger partial charge in [0.05, 0.1) is 7.11 Å². The Hall–Kier alpha value is -2.00. The summed E-state index contributed by atoms with van der Waals surface area (Å²) in [6.07, 6.45) is 2.80. The van der Waals surface area contributed by atoms with Crippen molar-refractivity contribution in [3.63, 3.8) is 0 Å². The van der Waals surface area contributed by atoms with E-state index in [2.05, 4.69) is 10.0 Å². The highest BCUT2D eigenvalue weighted by molar-refractivity contribution is 5.90. The molecule has 0 amide bonds. The number of azide groups is 1. The first-order valence-corrected chi connectivity index (χ1v) is 5.97. The molecule has 0 aliphatic heterocycles. The van der Waals surface area contributed by atoms with Crippen molar-refractivity contribution in [2.75, 3.05) is 7.11 Å². The van der Waals surface area contributed by atoms with Crippen molar-refractivity contribution in [2.45, 2.75) is 31.2 Å². The summed E-state index contributed by atoms with van der Waals surface area (Å²) < 4.78 is 5.16. The van der Waals surface area contributed by atoms with Gasteiger partial charge in [0.25, 0.3) is 0 Å². The molecule has 18 heavy (non-hydrogen) atoms. The molecule has 2 rings (SSSR count). The van der Waals surface area contributed by atoms with Crippen LogP contribution in [0.2, 0.25) is 0 Å². The van der Waals surface area contributed by atoms with E-state index in [1.54, 1.807) is 19.2 Å². The molecule has 0 radical (unpaired) electrons. The number of ether oxygens (including phenoxy) is 1. The van der Waals surface area contributed by atoms with Crippen molar-refractivity contribution in [1.29, 1.82) is 0 Å². The second kappa shape index (κ2) is 5.10. The van der Waals surface area contributed by atoms with E-state index in [1.165, 1.54) is 0 Å². The molecule has 94 valence electrons. The Balaban J connectivity index is 2.52. The minimum absolute atomic E-state index is 0.000182. The quantitative estimate of drug-likeness (QED) is 0.465. The van der Waals surface area contributed by atoms with Crippen LogP contribution in [0.5, 0.6) is 5.75 Å². The van der Waals surface area contributed by atoms with Crippen LogP contribution in [0.3, 0.4) is 0 Å². The summed E-state index contributed by atoms with van der Waals surface area (Å²) in [7, 11) is 1.57. The van der Waals surface area contributed by atoms with Crippen molar-refractivity contribution < 1.29 is 9.53 Å². The van der Waals surface area contributed by atoms with Crippen LogP contribution in [0.1, 0.15) is 31.2 Å². The van der Waals surface area contributed by atoms with E-state index in [4.69, 9.17) is 10.3 Å². The van der Waals surface area contributed by atoms with Crippen LogP contribution in [0.4, 0.5) is 0 Å². The number of carbonyl (C=O) groups excluding carboxylic acids is 1. The number of hydrogen-bond acceptors (Lipinski definition) is 3. The number of Topliss-reactive ketones (excluding diaryl/α,β-unsaturated/α-hetero) is 1. The molecule has 5 heteroatoms. The molecule has 1 saturated carbocycles. The van der Waals surface area contributed by atoms with Gasteiger partial charge < -0.3 is 4.74 Å². The number of benzene rings is 1. The third-order valence-corrected chi connectivity index (χ3v) is 3.42. The minimum atomic E-state index is -1.04. The van der Waals surface area contributed by atoms with E-state index < -0.39 is 5.54 Å². The summed E-state index contributed by atoms with van der Waals surface area (Å²) in [6, 6.07) is 7.21.